The molecule has 1 aromatic carbocycles. The third kappa shape index (κ3) is 4.32. The first-order valence-corrected chi connectivity index (χ1v) is 8.61. The maximum Gasteiger partial charge on any atom is 0.123 e. The van der Waals surface area contributed by atoms with Crippen LogP contribution in [0.1, 0.15) is 38.2 Å². The molecule has 1 aliphatic carbocycles. The van der Waals surface area contributed by atoms with Gasteiger partial charge in [0.1, 0.15) is 5.82 Å². The highest BCUT2D eigenvalue weighted by molar-refractivity contribution is 5.59. The molecular formula is C22H22FN. The molecule has 0 unspecified atom stereocenters. The summed E-state index contributed by atoms with van der Waals surface area (Å²) < 4.78 is 13.0. The third-order valence-corrected chi connectivity index (χ3v) is 4.56. The summed E-state index contributed by atoms with van der Waals surface area (Å²) in [5.41, 5.74) is 2.70. The van der Waals surface area contributed by atoms with Gasteiger partial charge in [-0.05, 0) is 74.9 Å². The van der Waals surface area contributed by atoms with Crippen molar-refractivity contribution in [3.63, 3.8) is 0 Å². The van der Waals surface area contributed by atoms with Crippen LogP contribution in [0.2, 0.25) is 0 Å². The van der Waals surface area contributed by atoms with Crippen molar-refractivity contribution in [3.8, 4) is 23.1 Å². The summed E-state index contributed by atoms with van der Waals surface area (Å²) in [7, 11) is 0. The quantitative estimate of drug-likeness (QED) is 0.517. The number of benzene rings is 1. The fourth-order valence-corrected chi connectivity index (χ4v) is 3.17. The average Bonchev–Trinajstić information content (AvgIpc) is 2.63. The number of rotatable bonds is 2. The maximum absolute atomic E-state index is 13.0. The van der Waals surface area contributed by atoms with E-state index in [2.05, 4.69) is 35.9 Å². The zero-order valence-corrected chi connectivity index (χ0v) is 14.0. The van der Waals surface area contributed by atoms with Crippen LogP contribution in [0.3, 0.4) is 0 Å². The van der Waals surface area contributed by atoms with Crippen LogP contribution in [0.15, 0.2) is 54.7 Å². The van der Waals surface area contributed by atoms with Crippen LogP contribution in [-0.2, 0) is 0 Å². The fourth-order valence-electron chi connectivity index (χ4n) is 3.17. The van der Waals surface area contributed by atoms with Crippen molar-refractivity contribution in [1.82, 2.24) is 4.98 Å². The zero-order valence-electron chi connectivity index (χ0n) is 14.0. The highest BCUT2D eigenvalue weighted by atomic mass is 19.1. The van der Waals surface area contributed by atoms with E-state index in [-0.39, 0.29) is 5.82 Å². The van der Waals surface area contributed by atoms with Crippen molar-refractivity contribution >= 4 is 0 Å². The highest BCUT2D eigenvalue weighted by Crippen LogP contribution is 2.29. The number of hydrogen-bond donors (Lipinski definition) is 0. The lowest BCUT2D eigenvalue weighted by Gasteiger charge is -2.22. The topological polar surface area (TPSA) is 12.9 Å². The third-order valence-electron chi connectivity index (χ3n) is 4.56. The van der Waals surface area contributed by atoms with Crippen LogP contribution >= 0.6 is 0 Å². The molecule has 122 valence electrons. The van der Waals surface area contributed by atoms with Crippen LogP contribution in [0.4, 0.5) is 4.39 Å². The summed E-state index contributed by atoms with van der Waals surface area (Å²) in [6.45, 7) is 2.09. The van der Waals surface area contributed by atoms with Gasteiger partial charge in [0.2, 0.25) is 0 Å². The van der Waals surface area contributed by atoms with Gasteiger partial charge in [0.25, 0.3) is 0 Å². The number of hydrogen-bond acceptors (Lipinski definition) is 1. The minimum absolute atomic E-state index is 0.231. The van der Waals surface area contributed by atoms with E-state index < -0.39 is 0 Å². The van der Waals surface area contributed by atoms with Gasteiger partial charge in [-0.15, -0.1) is 0 Å². The predicted octanol–water partition coefficient (Wildman–Crippen LogP) is 5.62. The van der Waals surface area contributed by atoms with Crippen molar-refractivity contribution in [1.29, 1.82) is 0 Å². The standard InChI is InChI=1S/C22H22FN/c1-2-3-17-4-6-18(7-5-17)8-9-19-10-15-22(24-16-19)20-11-13-21(23)14-12-20/h2-3,10-18H,4-7H2,1H3/t17-,18-. The zero-order chi connectivity index (χ0) is 16.8. The van der Waals surface area contributed by atoms with Crippen LogP contribution in [0, 0.1) is 29.5 Å². The second kappa shape index (κ2) is 7.93. The van der Waals surface area contributed by atoms with Gasteiger partial charge in [0, 0.05) is 23.2 Å². The summed E-state index contributed by atoms with van der Waals surface area (Å²) in [5.74, 6) is 7.67. The van der Waals surface area contributed by atoms with Gasteiger partial charge in [0.15, 0.2) is 0 Å². The second-order valence-electron chi connectivity index (χ2n) is 6.35. The van der Waals surface area contributed by atoms with Crippen LogP contribution in [0.25, 0.3) is 11.3 Å². The normalized spacial score (nSPS) is 20.6. The Kier molecular flexibility index (Phi) is 5.43. The molecule has 0 N–H and O–H groups in total. The first kappa shape index (κ1) is 16.5. The van der Waals surface area contributed by atoms with E-state index in [1.165, 1.54) is 37.8 Å². The van der Waals surface area contributed by atoms with Gasteiger partial charge in [-0.25, -0.2) is 4.39 Å². The van der Waals surface area contributed by atoms with Crippen molar-refractivity contribution in [3.05, 3.63) is 66.1 Å². The first-order chi connectivity index (χ1) is 11.7. The minimum Gasteiger partial charge on any atom is -0.255 e. The molecule has 24 heavy (non-hydrogen) atoms. The fraction of sp³-hybridized carbons (Fsp3) is 0.318. The molecule has 0 radical (unpaired) electrons. The molecule has 1 heterocycles. The molecule has 1 fully saturated rings. The van der Waals surface area contributed by atoms with E-state index in [1.54, 1.807) is 18.3 Å². The highest BCUT2D eigenvalue weighted by Gasteiger charge is 2.17. The summed E-state index contributed by atoms with van der Waals surface area (Å²) in [6.07, 6.45) is 11.1. The van der Waals surface area contributed by atoms with Crippen molar-refractivity contribution in [2.75, 3.05) is 0 Å². The van der Waals surface area contributed by atoms with Gasteiger partial charge in [-0.2, -0.15) is 0 Å². The minimum atomic E-state index is -0.231. The van der Waals surface area contributed by atoms with Crippen LogP contribution < -0.4 is 0 Å². The monoisotopic (exact) mass is 319 g/mol. The largest absolute Gasteiger partial charge is 0.255 e. The lowest BCUT2D eigenvalue weighted by Crippen LogP contribution is -2.11. The molecule has 0 spiro atoms. The molecule has 0 bridgehead atoms. The Morgan fingerprint density at radius 2 is 1.79 bits per heavy atom. The van der Waals surface area contributed by atoms with E-state index >= 15 is 0 Å². The van der Waals surface area contributed by atoms with Gasteiger partial charge in [0.05, 0.1) is 5.69 Å². The molecule has 1 aromatic heterocycles. The molecule has 2 aromatic rings. The van der Waals surface area contributed by atoms with Crippen LogP contribution in [0.5, 0.6) is 0 Å². The van der Waals surface area contributed by atoms with Gasteiger partial charge in [-0.1, -0.05) is 24.0 Å². The smallest absolute Gasteiger partial charge is 0.123 e. The Hall–Kier alpha value is -2.40. The number of aromatic nitrogens is 1. The predicted molar refractivity (Wildman–Crippen MR) is 96.8 cm³/mol. The molecule has 1 nitrogen and oxygen atoms in total. The van der Waals surface area contributed by atoms with E-state index in [9.17, 15) is 4.39 Å². The number of halogens is 1. The molecule has 0 atom stereocenters. The SMILES string of the molecule is CC=C[C@H]1CC[C@H](C#Cc2ccc(-c3ccc(F)cc3)nc2)CC1. The van der Waals surface area contributed by atoms with Crippen molar-refractivity contribution < 1.29 is 4.39 Å². The number of nitrogens with zero attached hydrogens (tertiary/aromatic N) is 1. The molecule has 1 aliphatic rings. The summed E-state index contributed by atoms with van der Waals surface area (Å²) in [4.78, 5) is 4.44. The Morgan fingerprint density at radius 1 is 1.04 bits per heavy atom. The Balaban J connectivity index is 1.62. The van der Waals surface area contributed by atoms with E-state index in [0.29, 0.717) is 5.92 Å². The van der Waals surface area contributed by atoms with Crippen molar-refractivity contribution in [2.45, 2.75) is 32.6 Å². The molecule has 2 heteroatoms. The van der Waals surface area contributed by atoms with Gasteiger partial charge < -0.3 is 0 Å². The van der Waals surface area contributed by atoms with E-state index in [4.69, 9.17) is 0 Å². The molecule has 0 saturated heterocycles. The molecule has 3 rings (SSSR count). The lowest BCUT2D eigenvalue weighted by molar-refractivity contribution is 0.364. The molecule has 1 saturated carbocycles. The Bertz CT molecular complexity index is 739. The van der Waals surface area contributed by atoms with Crippen molar-refractivity contribution in [2.24, 2.45) is 11.8 Å². The second-order valence-corrected chi connectivity index (χ2v) is 6.35. The maximum atomic E-state index is 13.0. The van der Waals surface area contributed by atoms with Gasteiger partial charge in [-0.3, -0.25) is 4.98 Å². The first-order valence-electron chi connectivity index (χ1n) is 8.61. The summed E-state index contributed by atoms with van der Waals surface area (Å²) >= 11 is 0. The van der Waals surface area contributed by atoms with E-state index in [1.807, 2.05) is 12.1 Å². The lowest BCUT2D eigenvalue weighted by atomic mass is 9.82. The summed E-state index contributed by atoms with van der Waals surface area (Å²) in [5, 5.41) is 0. The number of allylic oxidation sites excluding steroid dienone is 2. The molecule has 0 aliphatic heterocycles. The van der Waals surface area contributed by atoms with Gasteiger partial charge >= 0.3 is 0 Å². The van der Waals surface area contributed by atoms with E-state index in [0.717, 1.165) is 22.7 Å². The Morgan fingerprint density at radius 3 is 2.42 bits per heavy atom. The van der Waals surface area contributed by atoms with Crippen LogP contribution in [-0.4, -0.2) is 4.98 Å². The average molecular weight is 319 g/mol. The molecule has 0 amide bonds. The summed E-state index contributed by atoms with van der Waals surface area (Å²) in [6, 6.07) is 10.3. The Labute approximate surface area is 143 Å². The molecular weight excluding hydrogens is 297 g/mol. The number of pyridine rings is 1.